The zero-order chi connectivity index (χ0) is 13.9. The lowest BCUT2D eigenvalue weighted by atomic mass is 10.2. The number of hydrogen-bond donors (Lipinski definition) is 1. The second-order valence-corrected chi connectivity index (χ2v) is 5.24. The number of benzene rings is 1. The van der Waals surface area contributed by atoms with Crippen LogP contribution in [0, 0.1) is 5.82 Å². The zero-order valence-electron chi connectivity index (χ0n) is 11.5. The van der Waals surface area contributed by atoms with Crippen molar-refractivity contribution in [1.29, 1.82) is 0 Å². The van der Waals surface area contributed by atoms with Crippen LogP contribution in [0.15, 0.2) is 34.9 Å². The van der Waals surface area contributed by atoms with Crippen LogP contribution in [0.4, 0.5) is 4.39 Å². The summed E-state index contributed by atoms with van der Waals surface area (Å²) in [5.41, 5.74) is 1.56. The van der Waals surface area contributed by atoms with Crippen molar-refractivity contribution in [3.63, 3.8) is 0 Å². The first-order valence-electron chi connectivity index (χ1n) is 6.87. The van der Waals surface area contributed by atoms with Gasteiger partial charge < -0.3 is 9.73 Å². The summed E-state index contributed by atoms with van der Waals surface area (Å²) in [7, 11) is 0. The van der Waals surface area contributed by atoms with Crippen LogP contribution in [0.5, 0.6) is 0 Å². The van der Waals surface area contributed by atoms with E-state index in [1.807, 2.05) is 0 Å². The van der Waals surface area contributed by atoms with Crippen molar-refractivity contribution < 1.29 is 8.81 Å². The van der Waals surface area contributed by atoms with Crippen LogP contribution in [0.3, 0.4) is 0 Å². The standard InChI is InChI=1S/C15H18FN3O/c1-11-8-19(6-5-17-11)9-14-10-20-15(18-14)12-3-2-4-13(16)7-12/h2-4,7,10-11,17H,5-6,8-9H2,1H3. The lowest BCUT2D eigenvalue weighted by Gasteiger charge is -2.31. The number of nitrogens with zero attached hydrogens (tertiary/aromatic N) is 2. The van der Waals surface area contributed by atoms with Gasteiger partial charge in [-0.2, -0.15) is 0 Å². The lowest BCUT2D eigenvalue weighted by Crippen LogP contribution is -2.48. The molecule has 1 unspecified atom stereocenters. The zero-order valence-corrected chi connectivity index (χ0v) is 11.5. The molecule has 1 aliphatic rings. The van der Waals surface area contributed by atoms with Gasteiger partial charge in [-0.15, -0.1) is 0 Å². The van der Waals surface area contributed by atoms with Gasteiger partial charge >= 0.3 is 0 Å². The van der Waals surface area contributed by atoms with E-state index >= 15 is 0 Å². The molecule has 0 amide bonds. The average molecular weight is 275 g/mol. The SMILES string of the molecule is CC1CN(Cc2coc(-c3cccc(F)c3)n2)CCN1. The molecule has 4 nitrogen and oxygen atoms in total. The third-order valence-electron chi connectivity index (χ3n) is 3.46. The molecular weight excluding hydrogens is 257 g/mol. The fourth-order valence-corrected chi connectivity index (χ4v) is 2.52. The minimum Gasteiger partial charge on any atom is -0.444 e. The molecule has 1 aromatic heterocycles. The van der Waals surface area contributed by atoms with Crippen LogP contribution < -0.4 is 5.32 Å². The van der Waals surface area contributed by atoms with E-state index in [1.54, 1.807) is 18.4 Å². The molecule has 0 aliphatic carbocycles. The molecule has 1 fully saturated rings. The van der Waals surface area contributed by atoms with Crippen LogP contribution in [-0.4, -0.2) is 35.6 Å². The third kappa shape index (κ3) is 3.05. The highest BCUT2D eigenvalue weighted by molar-refractivity contribution is 5.52. The Hall–Kier alpha value is -1.72. The predicted octanol–water partition coefficient (Wildman–Crippen LogP) is 2.27. The summed E-state index contributed by atoms with van der Waals surface area (Å²) in [5, 5.41) is 3.41. The van der Waals surface area contributed by atoms with Crippen molar-refractivity contribution in [2.45, 2.75) is 19.5 Å². The lowest BCUT2D eigenvalue weighted by molar-refractivity contribution is 0.197. The quantitative estimate of drug-likeness (QED) is 0.933. The molecule has 2 heterocycles. The third-order valence-corrected chi connectivity index (χ3v) is 3.46. The maximum atomic E-state index is 13.2. The highest BCUT2D eigenvalue weighted by atomic mass is 19.1. The van der Waals surface area contributed by atoms with Crippen LogP contribution in [-0.2, 0) is 6.54 Å². The van der Waals surface area contributed by atoms with Gasteiger partial charge in [-0.1, -0.05) is 6.07 Å². The molecule has 0 saturated carbocycles. The van der Waals surface area contributed by atoms with E-state index in [0.717, 1.165) is 31.9 Å². The van der Waals surface area contributed by atoms with E-state index in [9.17, 15) is 4.39 Å². The molecule has 1 N–H and O–H groups in total. The Labute approximate surface area is 117 Å². The molecular formula is C15H18FN3O. The summed E-state index contributed by atoms with van der Waals surface area (Å²) in [6, 6.07) is 6.80. The van der Waals surface area contributed by atoms with Gasteiger partial charge in [-0.05, 0) is 25.1 Å². The van der Waals surface area contributed by atoms with Gasteiger partial charge in [0.25, 0.3) is 0 Å². The molecule has 0 bridgehead atoms. The molecule has 2 aromatic rings. The summed E-state index contributed by atoms with van der Waals surface area (Å²) in [6.07, 6.45) is 1.66. The Morgan fingerprint density at radius 1 is 1.50 bits per heavy atom. The Bertz CT molecular complexity index is 584. The molecule has 3 rings (SSSR count). The van der Waals surface area contributed by atoms with Gasteiger partial charge in [0.15, 0.2) is 0 Å². The molecule has 1 aliphatic heterocycles. The number of hydrogen-bond acceptors (Lipinski definition) is 4. The molecule has 0 radical (unpaired) electrons. The van der Waals surface area contributed by atoms with Gasteiger partial charge in [-0.3, -0.25) is 4.90 Å². The first-order chi connectivity index (χ1) is 9.70. The van der Waals surface area contributed by atoms with E-state index < -0.39 is 0 Å². The summed E-state index contributed by atoms with van der Waals surface area (Å²) in [6.45, 7) is 5.95. The summed E-state index contributed by atoms with van der Waals surface area (Å²) >= 11 is 0. The van der Waals surface area contributed by atoms with Crippen LogP contribution in [0.2, 0.25) is 0 Å². The fraction of sp³-hybridized carbons (Fsp3) is 0.400. The first-order valence-corrected chi connectivity index (χ1v) is 6.87. The number of halogens is 1. The van der Waals surface area contributed by atoms with Crippen molar-refractivity contribution in [1.82, 2.24) is 15.2 Å². The Morgan fingerprint density at radius 2 is 2.40 bits per heavy atom. The highest BCUT2D eigenvalue weighted by Crippen LogP contribution is 2.20. The molecule has 5 heteroatoms. The highest BCUT2D eigenvalue weighted by Gasteiger charge is 2.17. The van der Waals surface area contributed by atoms with Crippen LogP contribution in [0.1, 0.15) is 12.6 Å². The van der Waals surface area contributed by atoms with Crippen molar-refractivity contribution in [3.05, 3.63) is 42.0 Å². The molecule has 106 valence electrons. The van der Waals surface area contributed by atoms with Crippen molar-refractivity contribution in [2.24, 2.45) is 0 Å². The number of rotatable bonds is 3. The molecule has 1 atom stereocenters. The van der Waals surface area contributed by atoms with Gasteiger partial charge in [0.1, 0.15) is 12.1 Å². The Balaban J connectivity index is 1.70. The molecule has 1 saturated heterocycles. The minimum atomic E-state index is -0.279. The monoisotopic (exact) mass is 275 g/mol. The van der Waals surface area contributed by atoms with Gasteiger partial charge in [-0.25, -0.2) is 9.37 Å². The van der Waals surface area contributed by atoms with Crippen molar-refractivity contribution in [3.8, 4) is 11.5 Å². The number of oxazole rings is 1. The maximum Gasteiger partial charge on any atom is 0.226 e. The maximum absolute atomic E-state index is 13.2. The van der Waals surface area contributed by atoms with Crippen molar-refractivity contribution >= 4 is 0 Å². The van der Waals surface area contributed by atoms with Gasteiger partial charge in [0, 0.05) is 37.8 Å². The van der Waals surface area contributed by atoms with Gasteiger partial charge in [0.05, 0.1) is 5.69 Å². The topological polar surface area (TPSA) is 41.3 Å². The number of nitrogens with one attached hydrogen (secondary N) is 1. The second-order valence-electron chi connectivity index (χ2n) is 5.24. The average Bonchev–Trinajstić information content (AvgIpc) is 2.87. The summed E-state index contributed by atoms with van der Waals surface area (Å²) < 4.78 is 18.6. The molecule has 0 spiro atoms. The smallest absolute Gasteiger partial charge is 0.226 e. The Morgan fingerprint density at radius 3 is 3.20 bits per heavy atom. The van der Waals surface area contributed by atoms with Crippen LogP contribution in [0.25, 0.3) is 11.5 Å². The predicted molar refractivity (Wildman–Crippen MR) is 74.6 cm³/mol. The largest absolute Gasteiger partial charge is 0.444 e. The normalized spacial score (nSPS) is 20.2. The summed E-state index contributed by atoms with van der Waals surface area (Å²) in [4.78, 5) is 6.79. The fourth-order valence-electron chi connectivity index (χ4n) is 2.52. The number of piperazine rings is 1. The van der Waals surface area contributed by atoms with E-state index in [0.29, 0.717) is 17.5 Å². The van der Waals surface area contributed by atoms with E-state index in [1.165, 1.54) is 12.1 Å². The van der Waals surface area contributed by atoms with Gasteiger partial charge in [0.2, 0.25) is 5.89 Å². The van der Waals surface area contributed by atoms with E-state index in [2.05, 4.69) is 22.1 Å². The first kappa shape index (κ1) is 13.3. The van der Waals surface area contributed by atoms with E-state index in [-0.39, 0.29) is 5.82 Å². The molecule has 1 aromatic carbocycles. The van der Waals surface area contributed by atoms with Crippen molar-refractivity contribution in [2.75, 3.05) is 19.6 Å². The Kier molecular flexibility index (Phi) is 3.80. The second kappa shape index (κ2) is 5.73. The molecule has 20 heavy (non-hydrogen) atoms. The number of aromatic nitrogens is 1. The minimum absolute atomic E-state index is 0.279. The van der Waals surface area contributed by atoms with E-state index in [4.69, 9.17) is 4.42 Å². The summed E-state index contributed by atoms with van der Waals surface area (Å²) in [5.74, 6) is 0.195. The van der Waals surface area contributed by atoms with Crippen LogP contribution >= 0.6 is 0 Å².